The highest BCUT2D eigenvalue weighted by atomic mass is 31.2. The van der Waals surface area contributed by atoms with Crippen molar-refractivity contribution < 1.29 is 52.2 Å². The van der Waals surface area contributed by atoms with Gasteiger partial charge in [0.2, 0.25) is 0 Å². The number of aliphatic hydroxyl groups is 1. The minimum absolute atomic E-state index is 0.153. The fourth-order valence-electron chi connectivity index (χ4n) is 8.63. The maximum absolute atomic E-state index is 12.9. The van der Waals surface area contributed by atoms with Crippen molar-refractivity contribution in [3.8, 4) is 0 Å². The zero-order valence-corrected chi connectivity index (χ0v) is 49.9. The summed E-state index contributed by atoms with van der Waals surface area (Å²) >= 11 is 0. The number of unbranched alkanes of at least 4 members (excludes halogenated alkanes) is 31. The maximum atomic E-state index is 12.9. The Morgan fingerprint density at radius 1 is 0.368 bits per heavy atom. The molecule has 0 aliphatic carbocycles. The van der Waals surface area contributed by atoms with E-state index in [4.69, 9.17) is 23.3 Å². The summed E-state index contributed by atoms with van der Waals surface area (Å²) in [5, 5.41) is 9.81. The molecule has 76 heavy (non-hydrogen) atoms. The van der Waals surface area contributed by atoms with Crippen molar-refractivity contribution in [3.63, 3.8) is 0 Å². The molecule has 2 N–H and O–H groups in total. The third-order valence-corrected chi connectivity index (χ3v) is 14.4. The van der Waals surface area contributed by atoms with Crippen molar-refractivity contribution in [2.45, 2.75) is 303 Å². The van der Waals surface area contributed by atoms with Crippen LogP contribution >= 0.6 is 7.82 Å². The average molecular weight is 1090 g/mol. The number of ether oxygens (including phenoxy) is 3. The lowest BCUT2D eigenvalue weighted by Crippen LogP contribution is -2.30. The summed E-state index contributed by atoms with van der Waals surface area (Å²) in [7, 11) is -4.75. The molecule has 0 bridgehead atoms. The highest BCUT2D eigenvalue weighted by Crippen LogP contribution is 2.43. The van der Waals surface area contributed by atoms with Gasteiger partial charge in [0.05, 0.1) is 19.8 Å². The molecule has 0 radical (unpaired) electrons. The van der Waals surface area contributed by atoms with Crippen LogP contribution in [0.15, 0.2) is 60.8 Å². The molecule has 0 saturated carbocycles. The van der Waals surface area contributed by atoms with E-state index in [1.807, 2.05) is 0 Å². The third-order valence-electron chi connectivity index (χ3n) is 13.4. The van der Waals surface area contributed by atoms with E-state index >= 15 is 0 Å². The number of esters is 3. The van der Waals surface area contributed by atoms with Gasteiger partial charge in [0.1, 0.15) is 12.7 Å². The molecule has 0 amide bonds. The Bertz CT molecular complexity index is 1510. The Kier molecular flexibility index (Phi) is 56.2. The van der Waals surface area contributed by atoms with Crippen LogP contribution in [0.3, 0.4) is 0 Å². The van der Waals surface area contributed by atoms with Gasteiger partial charge in [-0.25, -0.2) is 4.57 Å². The monoisotopic (exact) mass is 1090 g/mol. The minimum atomic E-state index is -4.75. The van der Waals surface area contributed by atoms with Crippen LogP contribution in [0.4, 0.5) is 0 Å². The summed E-state index contributed by atoms with van der Waals surface area (Å²) in [6.07, 6.45) is 64.5. The topological polar surface area (TPSA) is 155 Å². The van der Waals surface area contributed by atoms with Crippen molar-refractivity contribution in [2.75, 3.05) is 26.4 Å². The predicted octanol–water partition coefficient (Wildman–Crippen LogP) is 18.7. The molecule has 0 heterocycles. The highest BCUT2D eigenvalue weighted by Gasteiger charge is 2.28. The van der Waals surface area contributed by atoms with Gasteiger partial charge in [0.25, 0.3) is 0 Å². The molecule has 0 saturated heterocycles. The van der Waals surface area contributed by atoms with Gasteiger partial charge in [0.15, 0.2) is 6.10 Å². The first kappa shape index (κ1) is 73.2. The van der Waals surface area contributed by atoms with Crippen LogP contribution in [0.25, 0.3) is 0 Å². The SMILES string of the molecule is CCCCC/C=C\C/C=C\C/C=C\CCCCCCCCC(=O)OC(COC(=O)CCCCCCCCCCC/C=C\C/C=C\CCCCC)COP(=O)(O)OCC(CO)OC(=O)CCCCCCCCCCCCC. The number of allylic oxidation sites excluding steroid dienone is 10. The Hall–Kier alpha value is -2.82. The van der Waals surface area contributed by atoms with E-state index in [2.05, 4.69) is 81.5 Å². The fraction of sp³-hybridized carbons (Fsp3) is 0.797. The lowest BCUT2D eigenvalue weighted by atomic mass is 10.1. The molecule has 0 fully saturated rings. The number of aliphatic hydroxyl groups excluding tert-OH is 1. The van der Waals surface area contributed by atoms with Gasteiger partial charge in [-0.2, -0.15) is 0 Å². The molecular formula is C64H115O11P. The number of carbonyl (C=O) groups excluding carboxylic acids is 3. The van der Waals surface area contributed by atoms with Crippen molar-refractivity contribution in [1.29, 1.82) is 0 Å². The Morgan fingerprint density at radius 2 is 0.645 bits per heavy atom. The molecule has 0 rings (SSSR count). The number of carbonyl (C=O) groups is 3. The van der Waals surface area contributed by atoms with Gasteiger partial charge in [-0.1, -0.05) is 242 Å². The van der Waals surface area contributed by atoms with Crippen LogP contribution in [-0.2, 0) is 42.2 Å². The summed E-state index contributed by atoms with van der Waals surface area (Å²) in [5.74, 6) is -1.47. The van der Waals surface area contributed by atoms with Crippen LogP contribution in [0.5, 0.6) is 0 Å². The second-order valence-electron chi connectivity index (χ2n) is 20.9. The number of phosphoric acid groups is 1. The average Bonchev–Trinajstić information content (AvgIpc) is 3.41. The van der Waals surface area contributed by atoms with Crippen molar-refractivity contribution >= 4 is 25.7 Å². The molecule has 3 atom stereocenters. The largest absolute Gasteiger partial charge is 0.472 e. The van der Waals surface area contributed by atoms with Crippen LogP contribution in [0, 0.1) is 0 Å². The van der Waals surface area contributed by atoms with Gasteiger partial charge in [-0.15, -0.1) is 0 Å². The van der Waals surface area contributed by atoms with E-state index in [0.717, 1.165) is 103 Å². The molecule has 442 valence electrons. The number of rotatable bonds is 58. The molecule has 0 aliphatic rings. The van der Waals surface area contributed by atoms with Crippen LogP contribution < -0.4 is 0 Å². The van der Waals surface area contributed by atoms with Crippen LogP contribution in [-0.4, -0.2) is 66.5 Å². The minimum Gasteiger partial charge on any atom is -0.462 e. The van der Waals surface area contributed by atoms with E-state index < -0.39 is 57.8 Å². The standard InChI is InChI=1S/C64H115O11P/c1-4-7-10-13-16-19-22-24-26-28-30-32-34-36-39-41-44-47-50-53-62(66)71-57-61(75-64(68)55-52-49-46-43-40-37-35-33-31-29-27-25-23-20-17-14-11-8-5-2)59-73-76(69,70)72-58-60(56-65)74-63(67)54-51-48-45-42-38-21-18-15-12-9-6-3/h16-17,19-20,24-27,31,33,60-61,65H,4-15,18,21-23,28-30,32,34-59H2,1-3H3,(H,69,70)/b19-16-,20-17-,26-24-,27-25-,33-31-. The van der Waals surface area contributed by atoms with Gasteiger partial charge in [-0.05, 0) is 89.9 Å². The molecule has 0 aromatic rings. The number of hydrogen-bond acceptors (Lipinski definition) is 10. The second kappa shape index (κ2) is 58.3. The Balaban J connectivity index is 4.72. The van der Waals surface area contributed by atoms with E-state index in [1.54, 1.807) is 0 Å². The van der Waals surface area contributed by atoms with E-state index in [9.17, 15) is 28.9 Å². The summed E-state index contributed by atoms with van der Waals surface area (Å²) in [6, 6.07) is 0. The summed E-state index contributed by atoms with van der Waals surface area (Å²) in [5.41, 5.74) is 0. The van der Waals surface area contributed by atoms with Gasteiger partial charge in [-0.3, -0.25) is 23.4 Å². The number of phosphoric ester groups is 1. The van der Waals surface area contributed by atoms with Crippen molar-refractivity contribution in [2.24, 2.45) is 0 Å². The Labute approximate surface area is 465 Å². The van der Waals surface area contributed by atoms with Crippen LogP contribution in [0.2, 0.25) is 0 Å². The van der Waals surface area contributed by atoms with E-state index in [0.29, 0.717) is 19.3 Å². The Morgan fingerprint density at radius 3 is 1.01 bits per heavy atom. The predicted molar refractivity (Wildman–Crippen MR) is 316 cm³/mol. The van der Waals surface area contributed by atoms with E-state index in [-0.39, 0.29) is 25.9 Å². The molecule has 12 heteroatoms. The first-order valence-corrected chi connectivity index (χ1v) is 32.7. The lowest BCUT2D eigenvalue weighted by Gasteiger charge is -2.21. The quantitative estimate of drug-likeness (QED) is 0.0197. The lowest BCUT2D eigenvalue weighted by molar-refractivity contribution is -0.161. The van der Waals surface area contributed by atoms with Gasteiger partial charge < -0.3 is 24.2 Å². The highest BCUT2D eigenvalue weighted by molar-refractivity contribution is 7.47. The third kappa shape index (κ3) is 55.9. The maximum Gasteiger partial charge on any atom is 0.472 e. The zero-order valence-electron chi connectivity index (χ0n) is 49.0. The number of hydrogen-bond donors (Lipinski definition) is 2. The second-order valence-corrected chi connectivity index (χ2v) is 22.3. The molecular weight excluding hydrogens is 976 g/mol. The molecule has 11 nitrogen and oxygen atoms in total. The van der Waals surface area contributed by atoms with Crippen molar-refractivity contribution in [1.82, 2.24) is 0 Å². The van der Waals surface area contributed by atoms with E-state index in [1.165, 1.54) is 128 Å². The van der Waals surface area contributed by atoms with Gasteiger partial charge in [0, 0.05) is 19.3 Å². The summed E-state index contributed by atoms with van der Waals surface area (Å²) < 4.78 is 39.6. The molecule has 0 spiro atoms. The fourth-order valence-corrected chi connectivity index (χ4v) is 9.41. The smallest absolute Gasteiger partial charge is 0.462 e. The molecule has 0 aromatic heterocycles. The molecule has 0 aromatic carbocycles. The summed E-state index contributed by atoms with van der Waals surface area (Å²) in [6.45, 7) is 4.60. The van der Waals surface area contributed by atoms with Gasteiger partial charge >= 0.3 is 25.7 Å². The first-order valence-electron chi connectivity index (χ1n) is 31.2. The van der Waals surface area contributed by atoms with Crippen LogP contribution in [0.1, 0.15) is 290 Å². The van der Waals surface area contributed by atoms with Crippen molar-refractivity contribution in [3.05, 3.63) is 60.8 Å². The molecule has 0 aliphatic heterocycles. The first-order chi connectivity index (χ1) is 37.2. The molecule has 3 unspecified atom stereocenters. The normalized spacial score (nSPS) is 13.7. The summed E-state index contributed by atoms with van der Waals surface area (Å²) in [4.78, 5) is 48.6. The zero-order chi connectivity index (χ0) is 55.5.